The summed E-state index contributed by atoms with van der Waals surface area (Å²) in [5.41, 5.74) is 4.96. The van der Waals surface area contributed by atoms with Crippen LogP contribution in [-0.4, -0.2) is 11.8 Å². The zero-order chi connectivity index (χ0) is 8.15. The third-order valence-corrected chi connectivity index (χ3v) is 3.18. The number of hydrogen-bond acceptors (Lipinski definition) is 2. The second-order valence-corrected chi connectivity index (χ2v) is 3.93. The summed E-state index contributed by atoms with van der Waals surface area (Å²) in [7, 11) is 1.87. The van der Waals surface area contributed by atoms with Gasteiger partial charge in [0.2, 0.25) is 0 Å². The van der Waals surface area contributed by atoms with Crippen molar-refractivity contribution in [3.8, 4) is 0 Å². The lowest BCUT2D eigenvalue weighted by molar-refractivity contribution is 0.478. The van der Waals surface area contributed by atoms with Crippen molar-refractivity contribution in [2.75, 3.05) is 7.05 Å². The van der Waals surface area contributed by atoms with Crippen LogP contribution in [0.4, 0.5) is 0 Å². The molecule has 1 atom stereocenters. The molecule has 0 rings (SSSR count). The summed E-state index contributed by atoms with van der Waals surface area (Å²) in [6, 6.07) is 0. The molecule has 0 fully saturated rings. The van der Waals surface area contributed by atoms with Gasteiger partial charge in [-0.25, -0.2) is 5.43 Å². The molecule has 0 aromatic heterocycles. The van der Waals surface area contributed by atoms with Crippen molar-refractivity contribution in [1.29, 1.82) is 0 Å². The second kappa shape index (κ2) is 5.10. The molecule has 0 aliphatic carbocycles. The van der Waals surface area contributed by atoms with Gasteiger partial charge in [0.15, 0.2) is 0 Å². The molecular formula is C6H12IN2P. The Morgan fingerprint density at radius 2 is 2.10 bits per heavy atom. The Kier molecular flexibility index (Phi) is 5.31. The van der Waals surface area contributed by atoms with Crippen LogP contribution in [0.1, 0.15) is 6.92 Å². The summed E-state index contributed by atoms with van der Waals surface area (Å²) in [6.45, 7) is 9.60. The van der Waals surface area contributed by atoms with E-state index >= 15 is 0 Å². The van der Waals surface area contributed by atoms with E-state index in [0.29, 0.717) is 6.37 Å². The fourth-order valence-corrected chi connectivity index (χ4v) is 2.39. The highest BCUT2D eigenvalue weighted by Crippen LogP contribution is 2.29. The molecule has 0 radical (unpaired) electrons. The van der Waals surface area contributed by atoms with Gasteiger partial charge in [0.25, 0.3) is 0 Å². The van der Waals surface area contributed by atoms with Crippen molar-refractivity contribution < 1.29 is 0 Å². The fraction of sp³-hybridized carbons (Fsp3) is 0.333. The second-order valence-electron chi connectivity index (χ2n) is 1.87. The summed E-state index contributed by atoms with van der Waals surface area (Å²) in [6.07, 6.45) is 0.654. The van der Waals surface area contributed by atoms with Gasteiger partial charge in [0, 0.05) is 7.05 Å². The predicted molar refractivity (Wildman–Crippen MR) is 57.2 cm³/mol. The summed E-state index contributed by atoms with van der Waals surface area (Å²) in [5, 5.41) is 0. The Morgan fingerprint density at radius 1 is 1.60 bits per heavy atom. The van der Waals surface area contributed by atoms with Gasteiger partial charge in [-0.05, 0) is 34.5 Å². The van der Waals surface area contributed by atoms with Crippen molar-refractivity contribution in [3.63, 3.8) is 0 Å². The fourth-order valence-electron chi connectivity index (χ4n) is 0.419. The van der Waals surface area contributed by atoms with Gasteiger partial charge in [-0.1, -0.05) is 13.2 Å². The molecule has 0 saturated carbocycles. The minimum Gasteiger partial charge on any atom is -0.281 e. The number of rotatable bonds is 4. The summed E-state index contributed by atoms with van der Waals surface area (Å²) in [5.74, 6) is 0. The Labute approximate surface area is 77.0 Å². The van der Waals surface area contributed by atoms with Gasteiger partial charge in [-0.15, -0.1) is 0 Å². The molecule has 4 heteroatoms. The van der Waals surface area contributed by atoms with E-state index in [-0.39, 0.29) is 0 Å². The average molecular weight is 270 g/mol. The SMILES string of the molecule is C=C(C)C(=C)N(NC)PI. The maximum absolute atomic E-state index is 3.86. The largest absolute Gasteiger partial charge is 0.281 e. The van der Waals surface area contributed by atoms with Crippen LogP contribution in [0, 0.1) is 0 Å². The van der Waals surface area contributed by atoms with Crippen molar-refractivity contribution in [2.45, 2.75) is 6.92 Å². The Hall–Kier alpha value is 0.400. The van der Waals surface area contributed by atoms with Crippen molar-refractivity contribution in [3.05, 3.63) is 24.4 Å². The highest BCUT2D eigenvalue weighted by molar-refractivity contribution is 14.2. The molecule has 10 heavy (non-hydrogen) atoms. The van der Waals surface area contributed by atoms with Crippen LogP contribution in [0.3, 0.4) is 0 Å². The van der Waals surface area contributed by atoms with E-state index in [2.05, 4.69) is 40.6 Å². The van der Waals surface area contributed by atoms with Crippen LogP contribution in [-0.2, 0) is 0 Å². The van der Waals surface area contributed by atoms with Crippen LogP contribution in [0.25, 0.3) is 0 Å². The molecule has 2 nitrogen and oxygen atoms in total. The van der Waals surface area contributed by atoms with Crippen LogP contribution in [0.2, 0.25) is 0 Å². The van der Waals surface area contributed by atoms with E-state index in [1.54, 1.807) is 0 Å². The summed E-state index contributed by atoms with van der Waals surface area (Å²) in [4.78, 5) is 0. The Morgan fingerprint density at radius 3 is 2.20 bits per heavy atom. The molecule has 0 amide bonds. The minimum atomic E-state index is 0.654. The zero-order valence-electron chi connectivity index (χ0n) is 6.24. The number of halogens is 1. The number of hydrazine groups is 1. The number of hydrogen-bond donors (Lipinski definition) is 1. The molecule has 58 valence electrons. The Balaban J connectivity index is 4.02. The first kappa shape index (κ1) is 10.4. The smallest absolute Gasteiger partial charge is 0.0602 e. The number of nitrogens with one attached hydrogen (secondary N) is 1. The molecule has 0 aliphatic heterocycles. The van der Waals surface area contributed by atoms with E-state index in [0.717, 1.165) is 11.3 Å². The van der Waals surface area contributed by atoms with Gasteiger partial charge in [0.1, 0.15) is 0 Å². The average Bonchev–Trinajstić information content (AvgIpc) is 1.90. The van der Waals surface area contributed by atoms with Gasteiger partial charge in [-0.2, -0.15) is 0 Å². The maximum atomic E-state index is 3.86. The minimum absolute atomic E-state index is 0.654. The van der Waals surface area contributed by atoms with E-state index in [4.69, 9.17) is 0 Å². The van der Waals surface area contributed by atoms with Crippen LogP contribution < -0.4 is 5.43 Å². The first-order chi connectivity index (χ1) is 4.63. The first-order valence-corrected chi connectivity index (χ1v) is 6.88. The highest BCUT2D eigenvalue weighted by atomic mass is 127. The number of nitrogens with zero attached hydrogens (tertiary/aromatic N) is 1. The number of allylic oxidation sites excluding steroid dienone is 1. The maximum Gasteiger partial charge on any atom is 0.0602 e. The quantitative estimate of drug-likeness (QED) is 0.365. The zero-order valence-corrected chi connectivity index (χ0v) is 9.40. The topological polar surface area (TPSA) is 15.3 Å². The Bertz CT molecular complexity index is 143. The van der Waals surface area contributed by atoms with Gasteiger partial charge < -0.3 is 0 Å². The van der Waals surface area contributed by atoms with E-state index in [1.807, 2.05) is 18.8 Å². The van der Waals surface area contributed by atoms with E-state index in [1.165, 1.54) is 0 Å². The molecule has 0 saturated heterocycles. The lowest BCUT2D eigenvalue weighted by Gasteiger charge is -2.22. The van der Waals surface area contributed by atoms with Crippen molar-refractivity contribution in [1.82, 2.24) is 10.2 Å². The lowest BCUT2D eigenvalue weighted by Crippen LogP contribution is -2.25. The molecule has 0 bridgehead atoms. The van der Waals surface area contributed by atoms with Gasteiger partial charge in [-0.3, -0.25) is 4.78 Å². The molecule has 0 aliphatic rings. The van der Waals surface area contributed by atoms with E-state index in [9.17, 15) is 0 Å². The molecular weight excluding hydrogens is 258 g/mol. The third-order valence-electron chi connectivity index (χ3n) is 1.07. The third kappa shape index (κ3) is 2.99. The molecule has 0 spiro atoms. The predicted octanol–water partition coefficient (Wildman–Crippen LogP) is 2.46. The van der Waals surface area contributed by atoms with Crippen LogP contribution in [0.5, 0.6) is 0 Å². The molecule has 0 heterocycles. The summed E-state index contributed by atoms with van der Waals surface area (Å²) >= 11 is 2.29. The van der Waals surface area contributed by atoms with Gasteiger partial charge in [0.05, 0.1) is 12.1 Å². The van der Waals surface area contributed by atoms with Crippen LogP contribution >= 0.6 is 28.4 Å². The molecule has 1 unspecified atom stereocenters. The van der Waals surface area contributed by atoms with E-state index < -0.39 is 0 Å². The van der Waals surface area contributed by atoms with Crippen molar-refractivity contribution in [2.24, 2.45) is 0 Å². The van der Waals surface area contributed by atoms with Crippen LogP contribution in [0.15, 0.2) is 24.4 Å². The lowest BCUT2D eigenvalue weighted by atomic mass is 10.3. The summed E-state index contributed by atoms with van der Waals surface area (Å²) < 4.78 is 1.96. The standard InChI is InChI=1S/C6H12IN2P/c1-5(2)6(3)9(8-4)10-7/h8,10H,1,3H2,2,4H3. The normalized spacial score (nSPS) is 10.3. The molecule has 0 aromatic rings. The first-order valence-electron chi connectivity index (χ1n) is 2.82. The monoisotopic (exact) mass is 270 g/mol. The van der Waals surface area contributed by atoms with Crippen molar-refractivity contribution >= 4 is 28.4 Å². The highest BCUT2D eigenvalue weighted by Gasteiger charge is 2.02. The van der Waals surface area contributed by atoms with Gasteiger partial charge >= 0.3 is 0 Å². The molecule has 1 N–H and O–H groups in total. The molecule has 0 aromatic carbocycles.